The van der Waals surface area contributed by atoms with Crippen LogP contribution in [-0.2, 0) is 11.3 Å². The van der Waals surface area contributed by atoms with Crippen LogP contribution in [0.15, 0.2) is 6.20 Å². The van der Waals surface area contributed by atoms with E-state index in [2.05, 4.69) is 14.1 Å². The SMILES string of the molecule is O=C(O)C1CN(Cc2cnsn2)C(=O)N1. The molecule has 1 aliphatic heterocycles. The lowest BCUT2D eigenvalue weighted by Crippen LogP contribution is -2.33. The number of rotatable bonds is 3. The Labute approximate surface area is 89.0 Å². The molecule has 1 atom stereocenters. The topological polar surface area (TPSA) is 95.4 Å². The molecule has 0 aliphatic carbocycles. The number of carbonyl (C=O) groups excluding carboxylic acids is 1. The molecule has 7 nitrogen and oxygen atoms in total. The zero-order valence-corrected chi connectivity index (χ0v) is 8.40. The first-order chi connectivity index (χ1) is 7.16. The van der Waals surface area contributed by atoms with E-state index in [-0.39, 0.29) is 12.6 Å². The number of nitrogens with zero attached hydrogens (tertiary/aromatic N) is 3. The van der Waals surface area contributed by atoms with Gasteiger partial charge >= 0.3 is 12.0 Å². The van der Waals surface area contributed by atoms with Crippen molar-refractivity contribution >= 4 is 23.7 Å². The molecule has 2 heterocycles. The lowest BCUT2D eigenvalue weighted by Gasteiger charge is -2.11. The lowest BCUT2D eigenvalue weighted by atomic mass is 10.3. The van der Waals surface area contributed by atoms with E-state index >= 15 is 0 Å². The highest BCUT2D eigenvalue weighted by atomic mass is 32.1. The fourth-order valence-corrected chi connectivity index (χ4v) is 1.74. The maximum absolute atomic E-state index is 11.3. The van der Waals surface area contributed by atoms with Crippen molar-refractivity contribution < 1.29 is 14.7 Å². The van der Waals surface area contributed by atoms with E-state index in [1.807, 2.05) is 0 Å². The van der Waals surface area contributed by atoms with Gasteiger partial charge in [-0.25, -0.2) is 9.59 Å². The molecule has 1 fully saturated rings. The van der Waals surface area contributed by atoms with Gasteiger partial charge in [-0.15, -0.1) is 0 Å². The number of amides is 2. The highest BCUT2D eigenvalue weighted by Gasteiger charge is 2.33. The van der Waals surface area contributed by atoms with Gasteiger partial charge in [0.05, 0.1) is 36.7 Å². The monoisotopic (exact) mass is 228 g/mol. The van der Waals surface area contributed by atoms with E-state index in [0.717, 1.165) is 11.7 Å². The van der Waals surface area contributed by atoms with Crippen molar-refractivity contribution in [3.63, 3.8) is 0 Å². The first-order valence-corrected chi connectivity index (χ1v) is 4.94. The largest absolute Gasteiger partial charge is 0.480 e. The van der Waals surface area contributed by atoms with Gasteiger partial charge in [0.25, 0.3) is 0 Å². The van der Waals surface area contributed by atoms with Gasteiger partial charge < -0.3 is 15.3 Å². The summed E-state index contributed by atoms with van der Waals surface area (Å²) in [5, 5.41) is 11.1. The second-order valence-corrected chi connectivity index (χ2v) is 3.68. The summed E-state index contributed by atoms with van der Waals surface area (Å²) in [5.74, 6) is -1.03. The Kier molecular flexibility index (Phi) is 2.50. The van der Waals surface area contributed by atoms with E-state index in [9.17, 15) is 9.59 Å². The third kappa shape index (κ3) is 2.04. The van der Waals surface area contributed by atoms with E-state index in [1.165, 1.54) is 4.90 Å². The standard InChI is InChI=1S/C7H8N4O3S/c12-6(13)5-3-11(7(14)9-5)2-4-1-8-15-10-4/h1,5H,2-3H2,(H,9,14)(H,12,13). The fourth-order valence-electron chi connectivity index (χ4n) is 1.31. The molecule has 2 N–H and O–H groups in total. The number of carbonyl (C=O) groups is 2. The van der Waals surface area contributed by atoms with Crippen molar-refractivity contribution in [2.45, 2.75) is 12.6 Å². The fraction of sp³-hybridized carbons (Fsp3) is 0.429. The average molecular weight is 228 g/mol. The summed E-state index contributed by atoms with van der Waals surface area (Å²) in [5.41, 5.74) is 0.668. The van der Waals surface area contributed by atoms with E-state index in [4.69, 9.17) is 5.11 Å². The maximum Gasteiger partial charge on any atom is 0.328 e. The summed E-state index contributed by atoms with van der Waals surface area (Å²) in [6.45, 7) is 0.456. The van der Waals surface area contributed by atoms with Crippen molar-refractivity contribution in [2.24, 2.45) is 0 Å². The minimum absolute atomic E-state index is 0.158. The Balaban J connectivity index is 2.00. The Hall–Kier alpha value is -1.70. The molecule has 0 aromatic carbocycles. The second-order valence-electron chi connectivity index (χ2n) is 3.12. The predicted molar refractivity (Wildman–Crippen MR) is 50.3 cm³/mol. The first kappa shape index (κ1) is 9.84. The minimum atomic E-state index is -1.03. The van der Waals surface area contributed by atoms with Crippen LogP contribution >= 0.6 is 11.7 Å². The molecule has 2 rings (SSSR count). The number of aromatic nitrogens is 2. The van der Waals surface area contributed by atoms with Crippen LogP contribution in [0.5, 0.6) is 0 Å². The average Bonchev–Trinajstić information content (AvgIpc) is 2.77. The molecular weight excluding hydrogens is 220 g/mol. The molecule has 80 valence electrons. The Morgan fingerprint density at radius 2 is 2.60 bits per heavy atom. The summed E-state index contributed by atoms with van der Waals surface area (Å²) in [7, 11) is 0. The van der Waals surface area contributed by atoms with Crippen LogP contribution in [-0.4, -0.2) is 43.3 Å². The number of nitrogens with one attached hydrogen (secondary N) is 1. The molecule has 0 spiro atoms. The Bertz CT molecular complexity index is 380. The van der Waals surface area contributed by atoms with E-state index < -0.39 is 12.0 Å². The zero-order chi connectivity index (χ0) is 10.8. The summed E-state index contributed by atoms with van der Waals surface area (Å²) in [4.78, 5) is 23.3. The highest BCUT2D eigenvalue weighted by Crippen LogP contribution is 2.09. The van der Waals surface area contributed by atoms with Crippen LogP contribution in [0.1, 0.15) is 5.69 Å². The van der Waals surface area contributed by atoms with Crippen molar-refractivity contribution in [1.82, 2.24) is 19.0 Å². The quantitative estimate of drug-likeness (QED) is 0.728. The van der Waals surface area contributed by atoms with Gasteiger partial charge in [0.2, 0.25) is 0 Å². The van der Waals surface area contributed by atoms with Gasteiger partial charge in [-0.3, -0.25) is 0 Å². The Morgan fingerprint density at radius 1 is 1.80 bits per heavy atom. The van der Waals surface area contributed by atoms with Crippen LogP contribution in [0.25, 0.3) is 0 Å². The number of urea groups is 1. The van der Waals surface area contributed by atoms with E-state index in [1.54, 1.807) is 6.20 Å². The van der Waals surface area contributed by atoms with Crippen LogP contribution in [0.2, 0.25) is 0 Å². The molecule has 1 aliphatic rings. The van der Waals surface area contributed by atoms with Crippen molar-refractivity contribution in [2.75, 3.05) is 6.54 Å². The van der Waals surface area contributed by atoms with Crippen LogP contribution in [0.3, 0.4) is 0 Å². The molecule has 1 saturated heterocycles. The zero-order valence-electron chi connectivity index (χ0n) is 7.58. The van der Waals surface area contributed by atoms with Crippen LogP contribution < -0.4 is 5.32 Å². The van der Waals surface area contributed by atoms with Crippen molar-refractivity contribution in [3.8, 4) is 0 Å². The predicted octanol–water partition coefficient (Wildman–Crippen LogP) is -0.484. The van der Waals surface area contributed by atoms with Gasteiger partial charge in [0, 0.05) is 0 Å². The maximum atomic E-state index is 11.3. The second kappa shape index (κ2) is 3.81. The van der Waals surface area contributed by atoms with Crippen molar-refractivity contribution in [1.29, 1.82) is 0 Å². The van der Waals surface area contributed by atoms with Crippen LogP contribution in [0.4, 0.5) is 4.79 Å². The lowest BCUT2D eigenvalue weighted by molar-refractivity contribution is -0.138. The third-order valence-corrected chi connectivity index (χ3v) is 2.56. The molecule has 0 saturated carbocycles. The van der Waals surface area contributed by atoms with Gasteiger partial charge in [-0.2, -0.15) is 8.75 Å². The minimum Gasteiger partial charge on any atom is -0.480 e. The van der Waals surface area contributed by atoms with Gasteiger partial charge in [-0.1, -0.05) is 0 Å². The summed E-state index contributed by atoms with van der Waals surface area (Å²) in [6.07, 6.45) is 1.56. The van der Waals surface area contributed by atoms with Crippen molar-refractivity contribution in [3.05, 3.63) is 11.9 Å². The third-order valence-electron chi connectivity index (χ3n) is 2.05. The van der Waals surface area contributed by atoms with Gasteiger partial charge in [0.1, 0.15) is 6.04 Å². The smallest absolute Gasteiger partial charge is 0.328 e. The van der Waals surface area contributed by atoms with Crippen LogP contribution in [0, 0.1) is 0 Å². The number of hydrogen-bond donors (Lipinski definition) is 2. The molecule has 1 unspecified atom stereocenters. The van der Waals surface area contributed by atoms with Gasteiger partial charge in [0.15, 0.2) is 0 Å². The molecule has 0 bridgehead atoms. The molecular formula is C7H8N4O3S. The van der Waals surface area contributed by atoms with E-state index in [0.29, 0.717) is 12.2 Å². The molecule has 2 amide bonds. The molecule has 0 radical (unpaired) electrons. The summed E-state index contributed by atoms with van der Waals surface area (Å²) >= 11 is 1.06. The first-order valence-electron chi connectivity index (χ1n) is 4.21. The summed E-state index contributed by atoms with van der Waals surface area (Å²) in [6, 6.07) is -1.21. The number of hydrogen-bond acceptors (Lipinski definition) is 5. The Morgan fingerprint density at radius 3 is 3.13 bits per heavy atom. The normalized spacial score (nSPS) is 20.4. The molecule has 8 heteroatoms. The molecule has 15 heavy (non-hydrogen) atoms. The molecule has 1 aromatic heterocycles. The molecule has 1 aromatic rings. The summed E-state index contributed by atoms with van der Waals surface area (Å²) < 4.78 is 7.74. The number of carboxylic acid groups (broad SMARTS) is 1. The van der Waals surface area contributed by atoms with Gasteiger partial charge in [-0.05, 0) is 0 Å². The number of aliphatic carboxylic acids is 1. The highest BCUT2D eigenvalue weighted by molar-refractivity contribution is 6.99. The number of carboxylic acids is 1.